The molecular formula is C20H23FN2O3. The summed E-state index contributed by atoms with van der Waals surface area (Å²) < 4.78 is 24.3. The van der Waals surface area contributed by atoms with Crippen molar-refractivity contribution in [3.63, 3.8) is 0 Å². The summed E-state index contributed by atoms with van der Waals surface area (Å²) in [5, 5.41) is 3.15. The van der Waals surface area contributed by atoms with Crippen LogP contribution in [0.5, 0.6) is 5.75 Å². The molecule has 3 fully saturated rings. The minimum atomic E-state index is -0.433. The van der Waals surface area contributed by atoms with E-state index in [1.807, 2.05) is 0 Å². The molecule has 2 atom stereocenters. The van der Waals surface area contributed by atoms with Crippen molar-refractivity contribution < 1.29 is 18.3 Å². The maximum absolute atomic E-state index is 13.6. The fourth-order valence-electron chi connectivity index (χ4n) is 4.20. The van der Waals surface area contributed by atoms with Gasteiger partial charge in [0.15, 0.2) is 17.3 Å². The summed E-state index contributed by atoms with van der Waals surface area (Å²) in [5.41, 5.74) is 0.665. The molecule has 2 unspecified atom stereocenters. The van der Waals surface area contributed by atoms with Crippen molar-refractivity contribution in [1.82, 2.24) is 10.2 Å². The standard InChI is InChI=1S/C20H23FN2O3/c1-12-19(13-7-9-23(12)10-8-13)22-20(24)17-6-5-16(26-17)14-3-4-15(21)18(11-14)25-2/h3-6,11-13,19H,7-10H2,1-2H3,(H,22,24). The number of carbonyl (C=O) groups is 1. The summed E-state index contributed by atoms with van der Waals surface area (Å²) in [4.78, 5) is 15.1. The van der Waals surface area contributed by atoms with Gasteiger partial charge in [0.2, 0.25) is 0 Å². The van der Waals surface area contributed by atoms with Crippen LogP contribution < -0.4 is 10.1 Å². The molecule has 1 N–H and O–H groups in total. The van der Waals surface area contributed by atoms with E-state index in [1.54, 1.807) is 24.3 Å². The van der Waals surface area contributed by atoms with Crippen LogP contribution in [0.2, 0.25) is 0 Å². The average molecular weight is 358 g/mol. The zero-order valence-electron chi connectivity index (χ0n) is 15.0. The largest absolute Gasteiger partial charge is 0.494 e. The molecule has 4 heterocycles. The van der Waals surface area contributed by atoms with E-state index in [2.05, 4.69) is 17.1 Å². The van der Waals surface area contributed by atoms with E-state index in [-0.39, 0.29) is 23.5 Å². The number of halogens is 1. The number of furan rings is 1. The van der Waals surface area contributed by atoms with Crippen molar-refractivity contribution in [2.75, 3.05) is 20.2 Å². The van der Waals surface area contributed by atoms with Gasteiger partial charge in [-0.05, 0) is 69.1 Å². The highest BCUT2D eigenvalue weighted by Crippen LogP contribution is 2.33. The molecule has 3 aliphatic rings. The van der Waals surface area contributed by atoms with Gasteiger partial charge in [-0.1, -0.05) is 0 Å². The third-order valence-corrected chi connectivity index (χ3v) is 5.74. The highest BCUT2D eigenvalue weighted by Gasteiger charge is 2.40. The Morgan fingerprint density at radius 2 is 2.04 bits per heavy atom. The zero-order valence-corrected chi connectivity index (χ0v) is 15.0. The maximum atomic E-state index is 13.6. The Kier molecular flexibility index (Phi) is 4.44. The predicted molar refractivity (Wildman–Crippen MR) is 95.7 cm³/mol. The van der Waals surface area contributed by atoms with Crippen LogP contribution in [0.4, 0.5) is 4.39 Å². The molecule has 0 spiro atoms. The second kappa shape index (κ2) is 6.76. The van der Waals surface area contributed by atoms with Crippen LogP contribution in [0.1, 0.15) is 30.3 Å². The molecule has 1 aromatic carbocycles. The number of benzene rings is 1. The Morgan fingerprint density at radius 3 is 2.73 bits per heavy atom. The van der Waals surface area contributed by atoms with Crippen molar-refractivity contribution in [2.45, 2.75) is 31.8 Å². The molecule has 3 saturated heterocycles. The van der Waals surface area contributed by atoms with E-state index in [9.17, 15) is 9.18 Å². The van der Waals surface area contributed by atoms with Crippen LogP contribution in [0.15, 0.2) is 34.7 Å². The minimum absolute atomic E-state index is 0.144. The number of hydrogen-bond acceptors (Lipinski definition) is 4. The third-order valence-electron chi connectivity index (χ3n) is 5.74. The number of hydrogen-bond donors (Lipinski definition) is 1. The summed E-state index contributed by atoms with van der Waals surface area (Å²) in [6, 6.07) is 8.38. The fraction of sp³-hybridized carbons (Fsp3) is 0.450. The van der Waals surface area contributed by atoms with E-state index in [1.165, 1.54) is 13.2 Å². The van der Waals surface area contributed by atoms with Gasteiger partial charge in [0.1, 0.15) is 5.76 Å². The van der Waals surface area contributed by atoms with Crippen LogP contribution >= 0.6 is 0 Å². The highest BCUT2D eigenvalue weighted by atomic mass is 19.1. The Bertz CT molecular complexity index is 809. The molecule has 6 heteroatoms. The van der Waals surface area contributed by atoms with Crippen molar-refractivity contribution in [3.8, 4) is 17.1 Å². The summed E-state index contributed by atoms with van der Waals surface area (Å²) in [6.45, 7) is 4.42. The van der Waals surface area contributed by atoms with Gasteiger partial charge in [-0.2, -0.15) is 0 Å². The molecule has 0 saturated carbocycles. The summed E-state index contributed by atoms with van der Waals surface area (Å²) in [7, 11) is 1.41. The van der Waals surface area contributed by atoms with E-state index < -0.39 is 5.82 Å². The van der Waals surface area contributed by atoms with E-state index in [0.717, 1.165) is 25.9 Å². The number of piperidine rings is 3. The Balaban J connectivity index is 1.50. The van der Waals surface area contributed by atoms with Crippen molar-refractivity contribution >= 4 is 5.91 Å². The highest BCUT2D eigenvalue weighted by molar-refractivity contribution is 5.92. The molecule has 5 rings (SSSR count). The lowest BCUT2D eigenvalue weighted by atomic mass is 9.79. The van der Waals surface area contributed by atoms with E-state index in [0.29, 0.717) is 23.3 Å². The molecule has 0 aliphatic carbocycles. The van der Waals surface area contributed by atoms with E-state index >= 15 is 0 Å². The third kappa shape index (κ3) is 2.98. The SMILES string of the molecule is COc1cc(-c2ccc(C(=O)NC3C4CCN(CC4)C3C)o2)ccc1F. The lowest BCUT2D eigenvalue weighted by molar-refractivity contribution is 0.0211. The van der Waals surface area contributed by atoms with Crippen molar-refractivity contribution in [2.24, 2.45) is 5.92 Å². The molecule has 138 valence electrons. The smallest absolute Gasteiger partial charge is 0.287 e. The molecule has 2 bridgehead atoms. The molecule has 26 heavy (non-hydrogen) atoms. The number of amides is 1. The van der Waals surface area contributed by atoms with Gasteiger partial charge in [-0.15, -0.1) is 0 Å². The first-order valence-electron chi connectivity index (χ1n) is 9.05. The van der Waals surface area contributed by atoms with Gasteiger partial charge in [0.05, 0.1) is 7.11 Å². The first kappa shape index (κ1) is 17.1. The summed E-state index contributed by atoms with van der Waals surface area (Å²) in [6.07, 6.45) is 2.27. The van der Waals surface area contributed by atoms with Crippen LogP contribution in [0, 0.1) is 11.7 Å². The summed E-state index contributed by atoms with van der Waals surface area (Å²) in [5.74, 6) is 0.830. The molecule has 3 aliphatic heterocycles. The molecule has 1 aromatic heterocycles. The van der Waals surface area contributed by atoms with Crippen LogP contribution in [0.25, 0.3) is 11.3 Å². The number of rotatable bonds is 4. The fourth-order valence-corrected chi connectivity index (χ4v) is 4.20. The first-order valence-corrected chi connectivity index (χ1v) is 9.05. The van der Waals surface area contributed by atoms with Gasteiger partial charge in [-0.25, -0.2) is 4.39 Å². The van der Waals surface area contributed by atoms with Gasteiger partial charge in [0, 0.05) is 17.6 Å². The van der Waals surface area contributed by atoms with Gasteiger partial charge >= 0.3 is 0 Å². The molecular weight excluding hydrogens is 335 g/mol. The average Bonchev–Trinajstić information content (AvgIpc) is 3.15. The number of nitrogens with zero attached hydrogens (tertiary/aromatic N) is 1. The van der Waals surface area contributed by atoms with Crippen LogP contribution in [-0.2, 0) is 0 Å². The van der Waals surface area contributed by atoms with Crippen LogP contribution in [0.3, 0.4) is 0 Å². The lowest BCUT2D eigenvalue weighted by Gasteiger charge is -2.49. The predicted octanol–water partition coefficient (Wildman–Crippen LogP) is 3.31. The topological polar surface area (TPSA) is 54.7 Å². The minimum Gasteiger partial charge on any atom is -0.494 e. The molecule has 2 aromatic rings. The van der Waals surface area contributed by atoms with Gasteiger partial charge < -0.3 is 14.5 Å². The Morgan fingerprint density at radius 1 is 1.27 bits per heavy atom. The number of ether oxygens (including phenoxy) is 1. The van der Waals surface area contributed by atoms with Gasteiger partial charge in [0.25, 0.3) is 5.91 Å². The quantitative estimate of drug-likeness (QED) is 0.911. The number of fused-ring (bicyclic) bond motifs is 3. The normalized spacial score (nSPS) is 27.3. The molecule has 5 nitrogen and oxygen atoms in total. The lowest BCUT2D eigenvalue weighted by Crippen LogP contribution is -2.62. The van der Waals surface area contributed by atoms with Gasteiger partial charge in [-0.3, -0.25) is 9.69 Å². The Hall–Kier alpha value is -2.34. The van der Waals surface area contributed by atoms with Crippen molar-refractivity contribution in [3.05, 3.63) is 41.9 Å². The number of carbonyl (C=O) groups excluding carboxylic acids is 1. The first-order chi connectivity index (χ1) is 12.6. The summed E-state index contributed by atoms with van der Waals surface area (Å²) >= 11 is 0. The maximum Gasteiger partial charge on any atom is 0.287 e. The Labute approximate surface area is 152 Å². The second-order valence-corrected chi connectivity index (χ2v) is 7.13. The van der Waals surface area contributed by atoms with E-state index in [4.69, 9.17) is 9.15 Å². The molecule has 1 amide bonds. The monoisotopic (exact) mass is 358 g/mol. The number of methoxy groups -OCH3 is 1. The second-order valence-electron chi connectivity index (χ2n) is 7.13. The molecule has 0 radical (unpaired) electrons. The number of nitrogens with one attached hydrogen (secondary N) is 1. The zero-order chi connectivity index (χ0) is 18.3. The van der Waals surface area contributed by atoms with Crippen molar-refractivity contribution in [1.29, 1.82) is 0 Å². The van der Waals surface area contributed by atoms with Crippen LogP contribution in [-0.4, -0.2) is 43.1 Å².